The van der Waals surface area contributed by atoms with E-state index in [0.29, 0.717) is 6.54 Å². The fourth-order valence-corrected chi connectivity index (χ4v) is 2.66. The summed E-state index contributed by atoms with van der Waals surface area (Å²) in [5, 5.41) is 0. The monoisotopic (exact) mass is 299 g/mol. The van der Waals surface area contributed by atoms with E-state index in [9.17, 15) is 9.59 Å². The van der Waals surface area contributed by atoms with Crippen LogP contribution in [0.4, 0.5) is 0 Å². The Morgan fingerprint density at radius 1 is 1.29 bits per heavy atom. The quantitative estimate of drug-likeness (QED) is 0.750. The van der Waals surface area contributed by atoms with Gasteiger partial charge in [-0.3, -0.25) is 14.5 Å². The number of carbonyl (C=O) groups is 2. The number of carbonyl (C=O) groups excluding carboxylic acids is 2. The van der Waals surface area contributed by atoms with Crippen LogP contribution in [0.25, 0.3) is 0 Å². The standard InChI is InChI=1S/C16H29NO4/c1-9-17-11(10-12(18)20-14(2,3)4)13(19)21-16(7,8)15(17,5)6/h11H,9-10H2,1-8H3. The highest BCUT2D eigenvalue weighted by Gasteiger charge is 2.53. The molecule has 0 saturated carbocycles. The topological polar surface area (TPSA) is 55.8 Å². The molecule has 0 spiro atoms. The van der Waals surface area contributed by atoms with Gasteiger partial charge in [-0.2, -0.15) is 0 Å². The molecule has 0 aromatic carbocycles. The summed E-state index contributed by atoms with van der Waals surface area (Å²) in [5.41, 5.74) is -1.52. The second-order valence-corrected chi connectivity index (χ2v) is 7.58. The van der Waals surface area contributed by atoms with Crippen LogP contribution in [-0.2, 0) is 19.1 Å². The first-order valence-corrected chi connectivity index (χ1v) is 7.53. The maximum absolute atomic E-state index is 12.3. The van der Waals surface area contributed by atoms with Crippen LogP contribution in [-0.4, -0.2) is 46.2 Å². The number of nitrogens with zero attached hydrogens (tertiary/aromatic N) is 1. The van der Waals surface area contributed by atoms with E-state index in [1.165, 1.54) is 0 Å². The van der Waals surface area contributed by atoms with Crippen LogP contribution in [0.5, 0.6) is 0 Å². The van der Waals surface area contributed by atoms with Crippen molar-refractivity contribution in [2.75, 3.05) is 6.54 Å². The number of ether oxygens (including phenoxy) is 2. The minimum absolute atomic E-state index is 0.0173. The van der Waals surface area contributed by atoms with Gasteiger partial charge in [0.2, 0.25) is 0 Å². The van der Waals surface area contributed by atoms with Crippen LogP contribution in [0.3, 0.4) is 0 Å². The van der Waals surface area contributed by atoms with Crippen molar-refractivity contribution >= 4 is 11.9 Å². The lowest BCUT2D eigenvalue weighted by Crippen LogP contribution is -2.69. The molecule has 1 aliphatic heterocycles. The van der Waals surface area contributed by atoms with E-state index in [4.69, 9.17) is 9.47 Å². The van der Waals surface area contributed by atoms with Gasteiger partial charge in [-0.25, -0.2) is 0 Å². The van der Waals surface area contributed by atoms with Crippen molar-refractivity contribution < 1.29 is 19.1 Å². The minimum Gasteiger partial charge on any atom is -0.460 e. The SMILES string of the molecule is CCN1C(CC(=O)OC(C)(C)C)C(=O)OC(C)(C)C1(C)C. The van der Waals surface area contributed by atoms with Gasteiger partial charge in [-0.05, 0) is 55.0 Å². The summed E-state index contributed by atoms with van der Waals surface area (Å²) < 4.78 is 10.9. The molecule has 0 aromatic rings. The summed E-state index contributed by atoms with van der Waals surface area (Å²) in [6.07, 6.45) is 0.0173. The van der Waals surface area contributed by atoms with Crippen molar-refractivity contribution in [3.8, 4) is 0 Å². The van der Waals surface area contributed by atoms with Crippen molar-refractivity contribution in [2.24, 2.45) is 0 Å². The molecule has 1 rings (SSSR count). The third-order valence-electron chi connectivity index (χ3n) is 4.32. The zero-order valence-corrected chi connectivity index (χ0v) is 14.6. The number of rotatable bonds is 3. The number of likely N-dealkylation sites (N-methyl/N-ethyl adjacent to an activating group) is 1. The van der Waals surface area contributed by atoms with Gasteiger partial charge in [0.1, 0.15) is 17.2 Å². The molecule has 1 heterocycles. The summed E-state index contributed by atoms with van der Waals surface area (Å²) in [6, 6.07) is -0.590. The number of esters is 2. The zero-order valence-electron chi connectivity index (χ0n) is 14.6. The Morgan fingerprint density at radius 3 is 2.24 bits per heavy atom. The third kappa shape index (κ3) is 3.76. The van der Waals surface area contributed by atoms with Crippen molar-refractivity contribution in [3.05, 3.63) is 0 Å². The Balaban J connectivity index is 2.96. The van der Waals surface area contributed by atoms with E-state index in [1.54, 1.807) is 0 Å². The van der Waals surface area contributed by atoms with E-state index in [2.05, 4.69) is 0 Å². The van der Waals surface area contributed by atoms with Crippen LogP contribution >= 0.6 is 0 Å². The fraction of sp³-hybridized carbons (Fsp3) is 0.875. The minimum atomic E-state index is -0.607. The number of morpholine rings is 1. The Bertz CT molecular complexity index is 420. The van der Waals surface area contributed by atoms with E-state index in [-0.39, 0.29) is 23.9 Å². The third-order valence-corrected chi connectivity index (χ3v) is 4.32. The maximum atomic E-state index is 12.3. The molecule has 1 fully saturated rings. The van der Waals surface area contributed by atoms with Crippen LogP contribution in [0, 0.1) is 0 Å². The molecule has 0 aliphatic carbocycles. The van der Waals surface area contributed by atoms with E-state index in [0.717, 1.165) is 0 Å². The molecule has 21 heavy (non-hydrogen) atoms. The zero-order chi connectivity index (χ0) is 16.6. The van der Waals surface area contributed by atoms with Gasteiger partial charge in [-0.15, -0.1) is 0 Å². The Morgan fingerprint density at radius 2 is 1.81 bits per heavy atom. The molecule has 1 unspecified atom stereocenters. The molecule has 1 saturated heterocycles. The molecule has 0 aromatic heterocycles. The van der Waals surface area contributed by atoms with Gasteiger partial charge < -0.3 is 9.47 Å². The summed E-state index contributed by atoms with van der Waals surface area (Å²) in [6.45, 7) is 16.0. The molecule has 1 atom stereocenters. The molecular weight excluding hydrogens is 270 g/mol. The first kappa shape index (κ1) is 18.0. The van der Waals surface area contributed by atoms with Gasteiger partial charge in [0.25, 0.3) is 0 Å². The smallest absolute Gasteiger partial charge is 0.324 e. The lowest BCUT2D eigenvalue weighted by Gasteiger charge is -2.54. The Labute approximate surface area is 128 Å². The largest absolute Gasteiger partial charge is 0.460 e. The van der Waals surface area contributed by atoms with Crippen LogP contribution in [0.15, 0.2) is 0 Å². The molecule has 5 nitrogen and oxygen atoms in total. The van der Waals surface area contributed by atoms with Gasteiger partial charge in [-0.1, -0.05) is 6.92 Å². The fourth-order valence-electron chi connectivity index (χ4n) is 2.66. The second kappa shape index (κ2) is 5.59. The average molecular weight is 299 g/mol. The molecule has 5 heteroatoms. The lowest BCUT2D eigenvalue weighted by molar-refractivity contribution is -0.207. The summed E-state index contributed by atoms with van der Waals surface area (Å²) in [7, 11) is 0. The van der Waals surface area contributed by atoms with E-state index >= 15 is 0 Å². The van der Waals surface area contributed by atoms with Gasteiger partial charge >= 0.3 is 11.9 Å². The van der Waals surface area contributed by atoms with Gasteiger partial charge in [0.05, 0.1) is 12.0 Å². The summed E-state index contributed by atoms with van der Waals surface area (Å²) in [4.78, 5) is 26.4. The highest BCUT2D eigenvalue weighted by molar-refractivity contribution is 5.84. The molecule has 0 N–H and O–H groups in total. The van der Waals surface area contributed by atoms with Crippen molar-refractivity contribution in [1.82, 2.24) is 4.90 Å². The maximum Gasteiger partial charge on any atom is 0.324 e. The number of hydrogen-bond acceptors (Lipinski definition) is 5. The first-order valence-electron chi connectivity index (χ1n) is 7.53. The van der Waals surface area contributed by atoms with Crippen LogP contribution in [0.1, 0.15) is 61.8 Å². The number of hydrogen-bond donors (Lipinski definition) is 0. The van der Waals surface area contributed by atoms with Crippen LogP contribution < -0.4 is 0 Å². The van der Waals surface area contributed by atoms with Gasteiger partial charge in [0.15, 0.2) is 0 Å². The second-order valence-electron chi connectivity index (χ2n) is 7.58. The first-order chi connectivity index (χ1) is 9.32. The molecule has 0 amide bonds. The molecule has 1 aliphatic rings. The highest BCUT2D eigenvalue weighted by atomic mass is 16.6. The predicted molar refractivity (Wildman–Crippen MR) is 80.9 cm³/mol. The average Bonchev–Trinajstić information content (AvgIpc) is 2.23. The molecular formula is C16H29NO4. The molecule has 0 radical (unpaired) electrons. The predicted octanol–water partition coefficient (Wildman–Crippen LogP) is 2.52. The highest BCUT2D eigenvalue weighted by Crippen LogP contribution is 2.38. The molecule has 122 valence electrons. The summed E-state index contributed by atoms with van der Waals surface area (Å²) in [5.74, 6) is -0.731. The van der Waals surface area contributed by atoms with E-state index in [1.807, 2.05) is 60.3 Å². The molecule has 0 bridgehead atoms. The van der Waals surface area contributed by atoms with Gasteiger partial charge in [0, 0.05) is 0 Å². The van der Waals surface area contributed by atoms with Crippen molar-refractivity contribution in [2.45, 2.75) is 84.6 Å². The Hall–Kier alpha value is -1.10. The van der Waals surface area contributed by atoms with Crippen molar-refractivity contribution in [1.29, 1.82) is 0 Å². The van der Waals surface area contributed by atoms with Crippen molar-refractivity contribution in [3.63, 3.8) is 0 Å². The van der Waals surface area contributed by atoms with E-state index < -0.39 is 17.2 Å². The normalized spacial score (nSPS) is 25.3. The van der Waals surface area contributed by atoms with Crippen LogP contribution in [0.2, 0.25) is 0 Å². The number of cyclic esters (lactones) is 1. The summed E-state index contributed by atoms with van der Waals surface area (Å²) >= 11 is 0. The Kier molecular flexibility index (Phi) is 4.78. The lowest BCUT2D eigenvalue weighted by atomic mass is 9.80.